The molecule has 0 aromatic rings. The van der Waals surface area contributed by atoms with Gasteiger partial charge in [-0.15, -0.1) is 0 Å². The molecule has 1 unspecified atom stereocenters. The van der Waals surface area contributed by atoms with E-state index in [1.807, 2.05) is 0 Å². The van der Waals surface area contributed by atoms with Crippen LogP contribution in [0, 0.1) is 0 Å². The van der Waals surface area contributed by atoms with Crippen LogP contribution in [0.1, 0.15) is 19.3 Å². The van der Waals surface area contributed by atoms with Gasteiger partial charge in [0.25, 0.3) is 0 Å². The van der Waals surface area contributed by atoms with E-state index in [-0.39, 0.29) is 17.1 Å². The Morgan fingerprint density at radius 3 is 2.36 bits per heavy atom. The van der Waals surface area contributed by atoms with E-state index in [9.17, 15) is 4.79 Å². The van der Waals surface area contributed by atoms with Gasteiger partial charge in [0.1, 0.15) is 6.04 Å². The van der Waals surface area contributed by atoms with Crippen molar-refractivity contribution in [3.8, 4) is 0 Å². The summed E-state index contributed by atoms with van der Waals surface area (Å²) >= 11 is 0. The number of nitrogens with two attached hydrogens (primary N) is 2. The van der Waals surface area contributed by atoms with E-state index < -0.39 is 12.0 Å². The summed E-state index contributed by atoms with van der Waals surface area (Å²) in [4.78, 5) is 10.1. The summed E-state index contributed by atoms with van der Waals surface area (Å²) in [7, 11) is 0. The second-order valence-electron chi connectivity index (χ2n) is 2.23. The first-order valence-corrected chi connectivity index (χ1v) is 3.37. The molecule has 4 nitrogen and oxygen atoms in total. The Kier molecular flexibility index (Phi) is 9.83. The van der Waals surface area contributed by atoms with Gasteiger partial charge in [-0.2, -0.15) is 0 Å². The number of unbranched alkanes of at least 4 members (excludes halogenated alkanes) is 1. The van der Waals surface area contributed by atoms with Gasteiger partial charge >= 0.3 is 23.0 Å². The van der Waals surface area contributed by atoms with Crippen LogP contribution >= 0.6 is 0 Å². The van der Waals surface area contributed by atoms with E-state index in [0.29, 0.717) is 13.0 Å². The maximum absolute atomic E-state index is 10.1. The molecule has 0 spiro atoms. The molecule has 0 aliphatic rings. The number of carboxylic acid groups (broad SMARTS) is 1. The van der Waals surface area contributed by atoms with Crippen molar-refractivity contribution in [3.05, 3.63) is 0 Å². The van der Waals surface area contributed by atoms with Gasteiger partial charge in [-0.3, -0.25) is 4.79 Å². The average Bonchev–Trinajstić information content (AvgIpc) is 1.88. The summed E-state index contributed by atoms with van der Waals surface area (Å²) in [5.74, 6) is -0.933. The summed E-state index contributed by atoms with van der Waals surface area (Å²) < 4.78 is 0. The van der Waals surface area contributed by atoms with E-state index >= 15 is 0 Å². The van der Waals surface area contributed by atoms with Crippen molar-refractivity contribution in [2.24, 2.45) is 11.5 Å². The first-order valence-electron chi connectivity index (χ1n) is 3.37. The van der Waals surface area contributed by atoms with Crippen LogP contribution < -0.4 is 11.5 Å². The average molecular weight is 227 g/mol. The van der Waals surface area contributed by atoms with Crippen molar-refractivity contribution >= 4 is 23.0 Å². The molecule has 5 N–H and O–H groups in total. The van der Waals surface area contributed by atoms with Crippen LogP contribution in [-0.4, -0.2) is 40.7 Å². The fraction of sp³-hybridized carbons (Fsp3) is 0.833. The Labute approximate surface area is 76.8 Å². The molecule has 0 bridgehead atoms. The molecule has 1 atom stereocenters. The molecule has 0 saturated heterocycles. The Morgan fingerprint density at radius 2 is 2.00 bits per heavy atom. The van der Waals surface area contributed by atoms with Gasteiger partial charge in [0.05, 0.1) is 0 Å². The summed E-state index contributed by atoms with van der Waals surface area (Å²) in [5, 5.41) is 8.33. The van der Waals surface area contributed by atoms with Gasteiger partial charge in [-0.05, 0) is 19.4 Å². The molecule has 11 heavy (non-hydrogen) atoms. The van der Waals surface area contributed by atoms with E-state index in [1.165, 1.54) is 0 Å². The zero-order valence-corrected chi connectivity index (χ0v) is 8.51. The monoisotopic (exact) mass is 228 g/mol. The minimum atomic E-state index is -0.933. The molecule has 0 heterocycles. The number of aliphatic carboxylic acids is 1. The number of hydrogen-bond acceptors (Lipinski definition) is 3. The summed E-state index contributed by atoms with van der Waals surface area (Å²) in [5.41, 5.74) is 10.4. The first-order chi connectivity index (χ1) is 4.68. The molecule has 0 aromatic heterocycles. The van der Waals surface area contributed by atoms with Crippen molar-refractivity contribution in [1.82, 2.24) is 0 Å². The molecule has 0 aliphatic carbocycles. The van der Waals surface area contributed by atoms with Gasteiger partial charge in [-0.25, -0.2) is 0 Å². The molecular formula is C6H16N2O2Se. The summed E-state index contributed by atoms with van der Waals surface area (Å²) in [6, 6.07) is -0.716. The van der Waals surface area contributed by atoms with Crippen LogP contribution in [0.25, 0.3) is 0 Å². The molecule has 0 amide bonds. The fourth-order valence-corrected chi connectivity index (χ4v) is 0.632. The van der Waals surface area contributed by atoms with E-state index in [4.69, 9.17) is 16.6 Å². The maximum atomic E-state index is 10.1. The fourth-order valence-electron chi connectivity index (χ4n) is 0.632. The van der Waals surface area contributed by atoms with Gasteiger partial charge in [-0.1, -0.05) is 6.42 Å². The van der Waals surface area contributed by atoms with Crippen molar-refractivity contribution < 1.29 is 9.90 Å². The van der Waals surface area contributed by atoms with E-state index in [2.05, 4.69) is 0 Å². The quantitative estimate of drug-likeness (QED) is 0.398. The summed E-state index contributed by atoms with van der Waals surface area (Å²) in [6.07, 6.45) is 2.16. The standard InChI is InChI=1S/C6H14N2O2.H2Se/c7-4-2-1-3-5(8)6(9)10;/h5H,1-4,7-8H2,(H,9,10);1H2. The number of carbonyl (C=O) groups is 1. The van der Waals surface area contributed by atoms with Crippen LogP contribution in [0.5, 0.6) is 0 Å². The molecule has 5 heteroatoms. The third kappa shape index (κ3) is 7.81. The zero-order chi connectivity index (χ0) is 7.98. The number of hydrogen-bond donors (Lipinski definition) is 3. The van der Waals surface area contributed by atoms with Crippen LogP contribution in [0.4, 0.5) is 0 Å². The minimum absolute atomic E-state index is 0. The Balaban J connectivity index is 0. The second kappa shape index (κ2) is 8.01. The Hall–Kier alpha value is -0.0905. The third-order valence-corrected chi connectivity index (χ3v) is 1.29. The predicted octanol–water partition coefficient (Wildman–Crippen LogP) is -1.39. The van der Waals surface area contributed by atoms with Crippen LogP contribution in [0.3, 0.4) is 0 Å². The molecule has 0 rings (SSSR count). The second-order valence-corrected chi connectivity index (χ2v) is 2.23. The van der Waals surface area contributed by atoms with Crippen LogP contribution in [-0.2, 0) is 4.79 Å². The van der Waals surface area contributed by atoms with Crippen LogP contribution in [0.2, 0.25) is 0 Å². The Morgan fingerprint density at radius 1 is 1.45 bits per heavy atom. The third-order valence-electron chi connectivity index (χ3n) is 1.29. The van der Waals surface area contributed by atoms with E-state index in [1.54, 1.807) is 0 Å². The first kappa shape index (κ1) is 13.5. The van der Waals surface area contributed by atoms with Crippen LogP contribution in [0.15, 0.2) is 0 Å². The van der Waals surface area contributed by atoms with Crippen molar-refractivity contribution in [1.29, 1.82) is 0 Å². The topological polar surface area (TPSA) is 89.3 Å². The normalized spacial score (nSPS) is 11.8. The van der Waals surface area contributed by atoms with Gasteiger partial charge < -0.3 is 16.6 Å². The molecule has 0 aliphatic heterocycles. The summed E-state index contributed by atoms with van der Waals surface area (Å²) in [6.45, 7) is 0.604. The van der Waals surface area contributed by atoms with Gasteiger partial charge in [0.15, 0.2) is 0 Å². The SMILES string of the molecule is NCCCCC(N)C(=O)O.[SeH2]. The Bertz CT molecular complexity index is 111. The van der Waals surface area contributed by atoms with Crippen molar-refractivity contribution in [2.75, 3.05) is 6.54 Å². The number of carboxylic acids is 1. The van der Waals surface area contributed by atoms with Crippen molar-refractivity contribution in [2.45, 2.75) is 25.3 Å². The molecule has 0 saturated carbocycles. The van der Waals surface area contributed by atoms with Gasteiger partial charge in [0, 0.05) is 0 Å². The van der Waals surface area contributed by atoms with E-state index in [0.717, 1.165) is 12.8 Å². The van der Waals surface area contributed by atoms with Crippen molar-refractivity contribution in [3.63, 3.8) is 0 Å². The molecular weight excluding hydrogens is 211 g/mol. The molecule has 0 fully saturated rings. The predicted molar refractivity (Wildman–Crippen MR) is 47.1 cm³/mol. The molecule has 0 aromatic carbocycles. The zero-order valence-electron chi connectivity index (χ0n) is 6.42. The number of rotatable bonds is 5. The molecule has 68 valence electrons. The molecule has 0 radical (unpaired) electrons. The van der Waals surface area contributed by atoms with Gasteiger partial charge in [0.2, 0.25) is 0 Å².